The van der Waals surface area contributed by atoms with E-state index in [1.54, 1.807) is 0 Å². The summed E-state index contributed by atoms with van der Waals surface area (Å²) in [5.74, 6) is -1.37. The quantitative estimate of drug-likeness (QED) is 0.526. The molecule has 12 heteroatoms. The second kappa shape index (κ2) is 9.82. The number of anilines is 2. The fourth-order valence-electron chi connectivity index (χ4n) is 3.80. The second-order valence-corrected chi connectivity index (χ2v) is 7.97. The van der Waals surface area contributed by atoms with Crippen molar-refractivity contribution in [2.45, 2.75) is 25.1 Å². The smallest absolute Gasteiger partial charge is 0.381 e. The van der Waals surface area contributed by atoms with Crippen molar-refractivity contribution in [3.05, 3.63) is 70.0 Å². The molecule has 0 atom stereocenters. The van der Waals surface area contributed by atoms with Crippen LogP contribution < -0.4 is 15.8 Å². The van der Waals surface area contributed by atoms with Gasteiger partial charge in [-0.3, -0.25) is 9.59 Å². The van der Waals surface area contributed by atoms with Gasteiger partial charge >= 0.3 is 6.18 Å². The Kier molecular flexibility index (Phi) is 6.83. The summed E-state index contributed by atoms with van der Waals surface area (Å²) in [4.78, 5) is 36.6. The zero-order valence-electron chi connectivity index (χ0n) is 18.5. The lowest BCUT2D eigenvalue weighted by Crippen LogP contribution is -2.37. The number of carbonyl (C=O) groups is 1. The highest BCUT2D eigenvalue weighted by Crippen LogP contribution is 2.32. The lowest BCUT2D eigenvalue weighted by atomic mass is 10.1. The molecule has 1 aromatic carbocycles. The Morgan fingerprint density at radius 2 is 1.94 bits per heavy atom. The first kappa shape index (κ1) is 24.3. The van der Waals surface area contributed by atoms with E-state index >= 15 is 0 Å². The van der Waals surface area contributed by atoms with Crippen LogP contribution in [0.4, 0.5) is 29.2 Å². The molecule has 3 heterocycles. The molecule has 3 aromatic rings. The second-order valence-electron chi connectivity index (χ2n) is 7.97. The first-order valence-corrected chi connectivity index (χ1v) is 10.7. The number of alkyl halides is 3. The third-order valence-corrected chi connectivity index (χ3v) is 5.67. The van der Waals surface area contributed by atoms with Crippen LogP contribution in [-0.4, -0.2) is 47.2 Å². The first-order valence-electron chi connectivity index (χ1n) is 10.7. The van der Waals surface area contributed by atoms with Gasteiger partial charge in [0.05, 0.1) is 16.8 Å². The van der Waals surface area contributed by atoms with Crippen molar-refractivity contribution in [3.63, 3.8) is 0 Å². The van der Waals surface area contributed by atoms with Crippen molar-refractivity contribution in [1.82, 2.24) is 15.0 Å². The Morgan fingerprint density at radius 3 is 2.66 bits per heavy atom. The topological polar surface area (TPSA) is 100 Å². The zero-order chi connectivity index (χ0) is 25.2. The van der Waals surface area contributed by atoms with Crippen LogP contribution in [-0.2, 0) is 10.9 Å². The summed E-state index contributed by atoms with van der Waals surface area (Å²) in [5, 5.41) is 2.32. The summed E-state index contributed by atoms with van der Waals surface area (Å²) in [6.45, 7) is 1.24. The maximum absolute atomic E-state index is 14.7. The van der Waals surface area contributed by atoms with Gasteiger partial charge in [-0.15, -0.1) is 0 Å². The van der Waals surface area contributed by atoms with E-state index in [1.165, 1.54) is 24.4 Å². The van der Waals surface area contributed by atoms with E-state index < -0.39 is 34.6 Å². The number of benzene rings is 1. The van der Waals surface area contributed by atoms with Crippen LogP contribution in [0.5, 0.6) is 0 Å². The Bertz CT molecular complexity index is 1290. The molecule has 0 spiro atoms. The molecule has 1 fully saturated rings. The van der Waals surface area contributed by atoms with Gasteiger partial charge < -0.3 is 19.9 Å². The van der Waals surface area contributed by atoms with Crippen molar-refractivity contribution in [1.29, 1.82) is 0 Å². The molecule has 0 unspecified atom stereocenters. The monoisotopic (exact) mass is 491 g/mol. The number of ether oxygens (including phenoxy) is 1. The van der Waals surface area contributed by atoms with Crippen LogP contribution in [0.2, 0.25) is 0 Å². The Balaban J connectivity index is 1.61. The third kappa shape index (κ3) is 5.48. The average molecular weight is 491 g/mol. The van der Waals surface area contributed by atoms with Gasteiger partial charge in [-0.2, -0.15) is 13.2 Å². The number of amides is 1. The number of aromatic nitrogens is 3. The van der Waals surface area contributed by atoms with E-state index in [0.717, 1.165) is 18.9 Å². The van der Waals surface area contributed by atoms with E-state index in [1.807, 2.05) is 11.9 Å². The standard InChI is InChI=1S/C23H21F4N5O3/c1-32(14-5-8-35-9-6-14)22-28-7-4-19(31-22)15-10-13(2-3-18(15)24)30-21(34)16-12-29-20(33)11-17(16)23(25,26)27/h2-4,7,10-12,14H,5-6,8-9H2,1H3,(H,29,33)(H,30,34). The van der Waals surface area contributed by atoms with Crippen LogP contribution in [0.3, 0.4) is 0 Å². The summed E-state index contributed by atoms with van der Waals surface area (Å²) < 4.78 is 59.9. The molecule has 4 rings (SSSR count). The average Bonchev–Trinajstić information content (AvgIpc) is 2.84. The number of nitrogens with zero attached hydrogens (tertiary/aromatic N) is 3. The van der Waals surface area contributed by atoms with Gasteiger partial charge in [-0.1, -0.05) is 0 Å². The largest absolute Gasteiger partial charge is 0.417 e. The Hall–Kier alpha value is -3.80. The molecule has 0 bridgehead atoms. The van der Waals surface area contributed by atoms with Gasteiger partial charge in [0.2, 0.25) is 11.5 Å². The number of H-pyrrole nitrogens is 1. The maximum Gasteiger partial charge on any atom is 0.417 e. The predicted octanol–water partition coefficient (Wildman–Crippen LogP) is 3.86. The van der Waals surface area contributed by atoms with Crippen LogP contribution in [0, 0.1) is 5.82 Å². The number of hydrogen-bond donors (Lipinski definition) is 2. The normalized spacial score (nSPS) is 14.5. The maximum atomic E-state index is 14.7. The van der Waals surface area contributed by atoms with Gasteiger partial charge in [0, 0.05) is 56.0 Å². The van der Waals surface area contributed by atoms with Gasteiger partial charge in [-0.05, 0) is 37.1 Å². The highest BCUT2D eigenvalue weighted by atomic mass is 19.4. The third-order valence-electron chi connectivity index (χ3n) is 5.67. The Labute approximate surface area is 197 Å². The number of halogens is 4. The molecule has 0 radical (unpaired) electrons. The van der Waals surface area contributed by atoms with Crippen LogP contribution in [0.25, 0.3) is 11.3 Å². The minimum Gasteiger partial charge on any atom is -0.381 e. The van der Waals surface area contributed by atoms with E-state index in [0.29, 0.717) is 31.4 Å². The zero-order valence-corrected chi connectivity index (χ0v) is 18.5. The molecule has 35 heavy (non-hydrogen) atoms. The molecule has 2 aromatic heterocycles. The summed E-state index contributed by atoms with van der Waals surface area (Å²) in [6, 6.07) is 5.53. The molecule has 1 saturated heterocycles. The number of aromatic amines is 1. The molecule has 0 aliphatic carbocycles. The van der Waals surface area contributed by atoms with Crippen molar-refractivity contribution >= 4 is 17.5 Å². The van der Waals surface area contributed by atoms with Crippen LogP contribution in [0.1, 0.15) is 28.8 Å². The number of rotatable bonds is 5. The van der Waals surface area contributed by atoms with E-state index in [4.69, 9.17) is 4.74 Å². The number of hydrogen-bond acceptors (Lipinski definition) is 6. The van der Waals surface area contributed by atoms with Gasteiger partial charge in [0.15, 0.2) is 0 Å². The van der Waals surface area contributed by atoms with Gasteiger partial charge in [0.1, 0.15) is 5.82 Å². The number of carbonyl (C=O) groups excluding carboxylic acids is 1. The van der Waals surface area contributed by atoms with Crippen molar-refractivity contribution < 1.29 is 27.1 Å². The van der Waals surface area contributed by atoms with Crippen molar-refractivity contribution in [3.8, 4) is 11.3 Å². The lowest BCUT2D eigenvalue weighted by molar-refractivity contribution is -0.138. The summed E-state index contributed by atoms with van der Waals surface area (Å²) in [6.07, 6.45) is -1.15. The minimum absolute atomic E-state index is 0.0318. The summed E-state index contributed by atoms with van der Waals surface area (Å²) in [7, 11) is 1.84. The van der Waals surface area contributed by atoms with Crippen molar-refractivity contribution in [2.75, 3.05) is 30.5 Å². The summed E-state index contributed by atoms with van der Waals surface area (Å²) >= 11 is 0. The van der Waals surface area contributed by atoms with Gasteiger partial charge in [0.25, 0.3) is 5.91 Å². The minimum atomic E-state index is -4.91. The molecule has 2 N–H and O–H groups in total. The molecule has 184 valence electrons. The molecular weight excluding hydrogens is 470 g/mol. The predicted molar refractivity (Wildman–Crippen MR) is 120 cm³/mol. The fraction of sp³-hybridized carbons (Fsp3) is 0.304. The van der Waals surface area contributed by atoms with E-state index in [9.17, 15) is 27.2 Å². The van der Waals surface area contributed by atoms with Crippen LogP contribution >= 0.6 is 0 Å². The molecule has 1 aliphatic heterocycles. The molecule has 1 amide bonds. The van der Waals surface area contributed by atoms with E-state index in [2.05, 4.69) is 20.3 Å². The lowest BCUT2D eigenvalue weighted by Gasteiger charge is -2.31. The molecular formula is C23H21F4N5O3. The highest BCUT2D eigenvalue weighted by molar-refractivity contribution is 6.05. The fourth-order valence-corrected chi connectivity index (χ4v) is 3.80. The SMILES string of the molecule is CN(c1nccc(-c2cc(NC(=O)c3c[nH]c(=O)cc3C(F)(F)F)ccc2F)n1)C1CCOCC1. The Morgan fingerprint density at radius 1 is 1.20 bits per heavy atom. The number of nitrogens with one attached hydrogen (secondary N) is 2. The molecule has 0 saturated carbocycles. The highest BCUT2D eigenvalue weighted by Gasteiger charge is 2.36. The van der Waals surface area contributed by atoms with Gasteiger partial charge in [-0.25, -0.2) is 14.4 Å². The molecule has 1 aliphatic rings. The van der Waals surface area contributed by atoms with E-state index in [-0.39, 0.29) is 23.0 Å². The number of pyridine rings is 1. The summed E-state index contributed by atoms with van der Waals surface area (Å²) in [5.41, 5.74) is -2.83. The first-order chi connectivity index (χ1) is 16.6. The van der Waals surface area contributed by atoms with Crippen molar-refractivity contribution in [2.24, 2.45) is 0 Å². The van der Waals surface area contributed by atoms with Crippen LogP contribution in [0.15, 0.2) is 47.5 Å². The molecule has 8 nitrogen and oxygen atoms in total.